The largest absolute Gasteiger partial charge is 0.394 e. The summed E-state index contributed by atoms with van der Waals surface area (Å²) in [5.41, 5.74) is 5.78. The average Bonchev–Trinajstić information content (AvgIpc) is 2.94. The van der Waals surface area contributed by atoms with Crippen molar-refractivity contribution in [3.05, 3.63) is 11.9 Å². The minimum Gasteiger partial charge on any atom is -0.394 e. The molecular weight excluding hydrogens is 262 g/mol. The fourth-order valence-corrected chi connectivity index (χ4v) is 2.24. The molecule has 0 bridgehead atoms. The molecule has 0 radical (unpaired) electrons. The quantitative estimate of drug-likeness (QED) is 0.683. The van der Waals surface area contributed by atoms with Crippen molar-refractivity contribution in [2.45, 2.75) is 25.5 Å². The lowest BCUT2D eigenvalue weighted by atomic mass is 10.1. The van der Waals surface area contributed by atoms with Crippen LogP contribution >= 0.6 is 0 Å². The number of nitrogens with zero attached hydrogens (tertiary/aromatic N) is 4. The van der Waals surface area contributed by atoms with Crippen molar-refractivity contribution in [2.24, 2.45) is 5.73 Å². The normalized spacial score (nSPS) is 16.6. The Bertz CT molecular complexity index is 428. The number of nitrogens with two attached hydrogens (primary N) is 1. The predicted octanol–water partition coefficient (Wildman–Crippen LogP) is -1.15. The van der Waals surface area contributed by atoms with Crippen LogP contribution in [0.4, 0.5) is 0 Å². The number of likely N-dealkylation sites (tertiary alicyclic amines) is 1. The highest BCUT2D eigenvalue weighted by molar-refractivity contribution is 5.91. The van der Waals surface area contributed by atoms with Crippen molar-refractivity contribution in [3.8, 4) is 0 Å². The molecule has 1 aliphatic heterocycles. The number of aliphatic hydroxyl groups is 1. The van der Waals surface area contributed by atoms with Crippen LogP contribution in [0.5, 0.6) is 0 Å². The first kappa shape index (κ1) is 14.9. The maximum Gasteiger partial charge on any atom is 0.276 e. The molecule has 1 aromatic rings. The van der Waals surface area contributed by atoms with Crippen LogP contribution in [-0.2, 0) is 11.3 Å². The van der Waals surface area contributed by atoms with Crippen LogP contribution < -0.4 is 5.73 Å². The molecule has 1 aromatic heterocycles. The second-order valence-electron chi connectivity index (χ2n) is 4.74. The lowest BCUT2D eigenvalue weighted by Gasteiger charge is -2.31. The average molecular weight is 283 g/mol. The maximum absolute atomic E-state index is 12.2. The lowest BCUT2D eigenvalue weighted by Crippen LogP contribution is -2.41. The number of aliphatic hydroxyl groups excluding tert-OH is 1. The highest BCUT2D eigenvalue weighted by Gasteiger charge is 2.25. The number of carbonyl (C=O) groups is 1. The molecular formula is C12H21N5O3. The Morgan fingerprint density at radius 1 is 1.50 bits per heavy atom. The molecule has 8 heteroatoms. The lowest BCUT2D eigenvalue weighted by molar-refractivity contribution is -0.00565. The summed E-state index contributed by atoms with van der Waals surface area (Å²) in [5.74, 6) is -0.103. The third-order valence-corrected chi connectivity index (χ3v) is 3.29. The van der Waals surface area contributed by atoms with Gasteiger partial charge < -0.3 is 20.5 Å². The molecule has 2 heterocycles. The van der Waals surface area contributed by atoms with Crippen LogP contribution in [0.3, 0.4) is 0 Å². The van der Waals surface area contributed by atoms with Gasteiger partial charge in [0.25, 0.3) is 5.91 Å². The van der Waals surface area contributed by atoms with Gasteiger partial charge in [0.1, 0.15) is 0 Å². The van der Waals surface area contributed by atoms with E-state index in [2.05, 4.69) is 10.3 Å². The van der Waals surface area contributed by atoms with Crippen LogP contribution in [0, 0.1) is 0 Å². The molecule has 0 spiro atoms. The van der Waals surface area contributed by atoms with Gasteiger partial charge in [-0.25, -0.2) is 0 Å². The van der Waals surface area contributed by atoms with Crippen molar-refractivity contribution < 1.29 is 14.6 Å². The molecule has 3 N–H and O–H groups in total. The van der Waals surface area contributed by atoms with E-state index in [1.165, 1.54) is 0 Å². The summed E-state index contributed by atoms with van der Waals surface area (Å²) < 4.78 is 7.04. The van der Waals surface area contributed by atoms with Gasteiger partial charge in [-0.05, 0) is 12.8 Å². The van der Waals surface area contributed by atoms with E-state index in [0.29, 0.717) is 38.5 Å². The Morgan fingerprint density at radius 3 is 2.90 bits per heavy atom. The van der Waals surface area contributed by atoms with E-state index >= 15 is 0 Å². The zero-order valence-electron chi connectivity index (χ0n) is 11.4. The van der Waals surface area contributed by atoms with E-state index in [0.717, 1.165) is 12.8 Å². The van der Waals surface area contributed by atoms with Crippen LogP contribution in [-0.4, -0.2) is 69.9 Å². The fraction of sp³-hybridized carbons (Fsp3) is 0.750. The van der Waals surface area contributed by atoms with E-state index < -0.39 is 0 Å². The number of aromatic nitrogens is 3. The minimum atomic E-state index is -0.103. The summed E-state index contributed by atoms with van der Waals surface area (Å²) in [5, 5.41) is 16.5. The highest BCUT2D eigenvalue weighted by Crippen LogP contribution is 2.15. The summed E-state index contributed by atoms with van der Waals surface area (Å²) in [6.45, 7) is 2.68. The third-order valence-electron chi connectivity index (χ3n) is 3.29. The Hall–Kier alpha value is -1.51. The highest BCUT2D eigenvalue weighted by atomic mass is 16.5. The first-order chi connectivity index (χ1) is 9.74. The molecule has 8 nitrogen and oxygen atoms in total. The molecule has 112 valence electrons. The second kappa shape index (κ2) is 7.32. The summed E-state index contributed by atoms with van der Waals surface area (Å²) in [6.07, 6.45) is 3.31. The Labute approximate surface area is 117 Å². The predicted molar refractivity (Wildman–Crippen MR) is 71.0 cm³/mol. The van der Waals surface area contributed by atoms with Gasteiger partial charge in [0.15, 0.2) is 5.69 Å². The molecule has 0 aromatic carbocycles. The molecule has 0 unspecified atom stereocenters. The fourth-order valence-electron chi connectivity index (χ4n) is 2.24. The zero-order valence-corrected chi connectivity index (χ0v) is 11.4. The molecule has 0 atom stereocenters. The standard InChI is InChI=1S/C12H21N5O3/c13-3-6-17-9-11(14-15-17)12(19)16-4-1-10(2-5-16)20-8-7-18/h9-10,18H,1-8,13H2. The van der Waals surface area contributed by atoms with Gasteiger partial charge in [-0.15, -0.1) is 5.10 Å². The maximum atomic E-state index is 12.2. The van der Waals surface area contributed by atoms with Crippen LogP contribution in [0.15, 0.2) is 6.20 Å². The van der Waals surface area contributed by atoms with Gasteiger partial charge in [-0.3, -0.25) is 9.48 Å². The molecule has 0 saturated carbocycles. The molecule has 1 saturated heterocycles. The van der Waals surface area contributed by atoms with Crippen molar-refractivity contribution in [1.82, 2.24) is 19.9 Å². The summed E-state index contributed by atoms with van der Waals surface area (Å²) >= 11 is 0. The van der Waals surface area contributed by atoms with Crippen molar-refractivity contribution >= 4 is 5.91 Å². The first-order valence-corrected chi connectivity index (χ1v) is 6.86. The molecule has 1 fully saturated rings. The van der Waals surface area contributed by atoms with Crippen molar-refractivity contribution in [3.63, 3.8) is 0 Å². The van der Waals surface area contributed by atoms with Crippen LogP contribution in [0.2, 0.25) is 0 Å². The van der Waals surface area contributed by atoms with E-state index in [1.807, 2.05) is 0 Å². The van der Waals surface area contributed by atoms with Gasteiger partial charge in [-0.1, -0.05) is 5.21 Å². The summed E-state index contributed by atoms with van der Waals surface area (Å²) in [4.78, 5) is 14.0. The molecule has 20 heavy (non-hydrogen) atoms. The molecule has 1 aliphatic rings. The number of hydrogen-bond acceptors (Lipinski definition) is 6. The summed E-state index contributed by atoms with van der Waals surface area (Å²) in [7, 11) is 0. The van der Waals surface area contributed by atoms with Gasteiger partial charge in [0.2, 0.25) is 0 Å². The van der Waals surface area contributed by atoms with Gasteiger partial charge in [-0.2, -0.15) is 0 Å². The number of carbonyl (C=O) groups excluding carboxylic acids is 1. The van der Waals surface area contributed by atoms with Crippen molar-refractivity contribution in [1.29, 1.82) is 0 Å². The SMILES string of the molecule is NCCn1cc(C(=O)N2CCC(OCCO)CC2)nn1. The Morgan fingerprint density at radius 2 is 2.25 bits per heavy atom. The topological polar surface area (TPSA) is 106 Å². The smallest absolute Gasteiger partial charge is 0.276 e. The first-order valence-electron chi connectivity index (χ1n) is 6.86. The van der Waals surface area contributed by atoms with Crippen LogP contribution in [0.1, 0.15) is 23.3 Å². The van der Waals surface area contributed by atoms with E-state index in [-0.39, 0.29) is 18.6 Å². The van der Waals surface area contributed by atoms with Crippen LogP contribution in [0.25, 0.3) is 0 Å². The zero-order chi connectivity index (χ0) is 14.4. The number of rotatable bonds is 6. The Kier molecular flexibility index (Phi) is 5.45. The molecule has 1 amide bonds. The van der Waals surface area contributed by atoms with E-state index in [1.54, 1.807) is 15.8 Å². The monoisotopic (exact) mass is 283 g/mol. The van der Waals surface area contributed by atoms with Gasteiger partial charge >= 0.3 is 0 Å². The second-order valence-corrected chi connectivity index (χ2v) is 4.74. The molecule has 2 rings (SSSR count). The number of hydrogen-bond donors (Lipinski definition) is 2. The van der Waals surface area contributed by atoms with Gasteiger partial charge in [0.05, 0.1) is 32.1 Å². The Balaban J connectivity index is 1.84. The van der Waals surface area contributed by atoms with Crippen molar-refractivity contribution in [2.75, 3.05) is 32.8 Å². The minimum absolute atomic E-state index is 0.0311. The number of ether oxygens (including phenoxy) is 1. The third kappa shape index (κ3) is 3.75. The number of piperidine rings is 1. The van der Waals surface area contributed by atoms with Gasteiger partial charge in [0, 0.05) is 19.6 Å². The van der Waals surface area contributed by atoms with E-state index in [4.69, 9.17) is 15.6 Å². The summed E-state index contributed by atoms with van der Waals surface area (Å²) in [6, 6.07) is 0. The number of amides is 1. The molecule has 0 aliphatic carbocycles. The van der Waals surface area contributed by atoms with E-state index in [9.17, 15) is 4.79 Å².